The summed E-state index contributed by atoms with van der Waals surface area (Å²) >= 11 is 3.00. The van der Waals surface area contributed by atoms with Crippen LogP contribution in [-0.2, 0) is 4.74 Å². The molecule has 2 heterocycles. The molecule has 0 unspecified atom stereocenters. The molecule has 1 aromatic heterocycles. The van der Waals surface area contributed by atoms with E-state index in [0.717, 1.165) is 6.20 Å². The highest BCUT2D eigenvalue weighted by Gasteiger charge is 2.12. The lowest BCUT2D eigenvalue weighted by Gasteiger charge is -2.27. The van der Waals surface area contributed by atoms with Crippen molar-refractivity contribution in [3.63, 3.8) is 0 Å². The van der Waals surface area contributed by atoms with E-state index in [9.17, 15) is 0 Å². The van der Waals surface area contributed by atoms with Gasteiger partial charge in [-0.1, -0.05) is 0 Å². The molecule has 5 heteroatoms. The monoisotopic (exact) mass is 251 g/mol. The van der Waals surface area contributed by atoms with Crippen molar-refractivity contribution in [2.24, 2.45) is 0 Å². The summed E-state index contributed by atoms with van der Waals surface area (Å²) in [4.78, 5) is 7.81. The molecule has 0 bridgehead atoms. The zero-order chi connectivity index (χ0) is 16.3. The molecule has 0 aromatic carbocycles. The van der Waals surface area contributed by atoms with Crippen molar-refractivity contribution in [3.05, 3.63) is 17.0 Å². The van der Waals surface area contributed by atoms with Gasteiger partial charge in [0, 0.05) is 13.0 Å². The van der Waals surface area contributed by atoms with Gasteiger partial charge >= 0.3 is 0 Å². The van der Waals surface area contributed by atoms with Crippen molar-refractivity contribution in [2.75, 3.05) is 31.0 Å². The minimum Gasteiger partial charge on any atom is -0.378 e. The molecular formula is C8H10BrN3O. The van der Waals surface area contributed by atoms with E-state index in [0.29, 0.717) is 0 Å². The van der Waals surface area contributed by atoms with Crippen LogP contribution in [0.4, 0.5) is 5.82 Å². The predicted molar refractivity (Wildman–Crippen MR) is 52.8 cm³/mol. The summed E-state index contributed by atoms with van der Waals surface area (Å²) < 4.78 is 66.1. The Balaban J connectivity index is 2.67. The molecule has 1 aliphatic heterocycles. The van der Waals surface area contributed by atoms with Crippen LogP contribution in [0.2, 0.25) is 0 Å². The first kappa shape index (κ1) is 3.47. The fraction of sp³-hybridized carbons (Fsp3) is 0.500. The fourth-order valence-corrected chi connectivity index (χ4v) is 1.05. The van der Waals surface area contributed by atoms with Crippen molar-refractivity contribution < 1.29 is 15.7 Å². The number of aromatic nitrogens is 2. The van der Waals surface area contributed by atoms with Gasteiger partial charge in [0.05, 0.1) is 36.5 Å². The minimum absolute atomic E-state index is 0.166. The van der Waals surface area contributed by atoms with E-state index in [1.807, 2.05) is 0 Å². The number of nitrogens with zero attached hydrogens (tertiary/aromatic N) is 3. The van der Waals surface area contributed by atoms with E-state index in [1.54, 1.807) is 0 Å². The summed E-state index contributed by atoms with van der Waals surface area (Å²) in [5.41, 5.74) is 0. The quantitative estimate of drug-likeness (QED) is 0.749. The second-order valence-electron chi connectivity index (χ2n) is 2.07. The van der Waals surface area contributed by atoms with Crippen molar-refractivity contribution in [2.45, 2.75) is 0 Å². The summed E-state index contributed by atoms with van der Waals surface area (Å²) in [5, 5.41) is 0. The Morgan fingerprint density at radius 3 is 2.92 bits per heavy atom. The molecule has 4 nitrogen and oxygen atoms in total. The van der Waals surface area contributed by atoms with E-state index in [2.05, 4.69) is 30.6 Å². The van der Waals surface area contributed by atoms with Crippen LogP contribution in [-0.4, -0.2) is 36.1 Å². The van der Waals surface area contributed by atoms with Crippen LogP contribution < -0.4 is 4.90 Å². The highest BCUT2D eigenvalue weighted by Crippen LogP contribution is 2.13. The number of halogens is 1. The lowest BCUT2D eigenvalue weighted by atomic mass is 10.4. The molecule has 0 saturated carbocycles. The van der Waals surface area contributed by atoms with Crippen molar-refractivity contribution in [1.29, 1.82) is 0 Å². The molecule has 70 valence electrons. The first-order valence-corrected chi connectivity index (χ1v) is 4.10. The first-order chi connectivity index (χ1) is 9.33. The number of rotatable bonds is 1. The minimum atomic E-state index is -3.11. The van der Waals surface area contributed by atoms with Gasteiger partial charge in [-0.05, 0) is 15.9 Å². The normalized spacial score (nSPS) is 42.1. The van der Waals surface area contributed by atoms with Gasteiger partial charge < -0.3 is 9.64 Å². The van der Waals surface area contributed by atoms with Gasteiger partial charge in [0.15, 0.2) is 0 Å². The van der Waals surface area contributed by atoms with Crippen LogP contribution in [0.3, 0.4) is 0 Å². The largest absolute Gasteiger partial charge is 0.378 e. The average molecular weight is 252 g/mol. The van der Waals surface area contributed by atoms with Gasteiger partial charge in [-0.15, -0.1) is 0 Å². The molecule has 1 aromatic rings. The zero-order valence-electron chi connectivity index (χ0n) is 14.3. The van der Waals surface area contributed by atoms with Crippen molar-refractivity contribution in [3.8, 4) is 0 Å². The summed E-state index contributed by atoms with van der Waals surface area (Å²) in [6.07, 6.45) is 2.29. The van der Waals surface area contributed by atoms with Gasteiger partial charge in [0.2, 0.25) is 0 Å². The molecule has 0 amide bonds. The third-order valence-electron chi connectivity index (χ3n) is 1.24. The molecule has 0 radical (unpaired) electrons. The van der Waals surface area contributed by atoms with Crippen LogP contribution in [0.15, 0.2) is 17.0 Å². The van der Waals surface area contributed by atoms with Crippen molar-refractivity contribution >= 4 is 21.7 Å². The van der Waals surface area contributed by atoms with Gasteiger partial charge in [-0.25, -0.2) is 4.98 Å². The second-order valence-corrected chi connectivity index (χ2v) is 2.88. The van der Waals surface area contributed by atoms with Crippen LogP contribution in [0.5, 0.6) is 0 Å². The van der Waals surface area contributed by atoms with E-state index in [4.69, 9.17) is 11.0 Å². The van der Waals surface area contributed by atoms with Crippen LogP contribution >= 0.6 is 15.9 Å². The van der Waals surface area contributed by atoms with Gasteiger partial charge in [0.25, 0.3) is 0 Å². The predicted octanol–water partition coefficient (Wildman–Crippen LogP) is 1.08. The molecule has 0 atom stereocenters. The van der Waals surface area contributed by atoms with Crippen molar-refractivity contribution in [1.82, 2.24) is 9.97 Å². The van der Waals surface area contributed by atoms with Crippen LogP contribution in [0, 0.1) is 0 Å². The third kappa shape index (κ3) is 2.16. The Hall–Kier alpha value is -0.680. The summed E-state index contributed by atoms with van der Waals surface area (Å²) in [6.45, 7) is -12.2. The maximum Gasteiger partial charge on any atom is 0.148 e. The number of anilines is 1. The molecule has 0 spiro atoms. The van der Waals surface area contributed by atoms with E-state index >= 15 is 0 Å². The first-order valence-electron chi connectivity index (χ1n) is 7.31. The van der Waals surface area contributed by atoms with Crippen LogP contribution in [0.25, 0.3) is 0 Å². The summed E-state index contributed by atoms with van der Waals surface area (Å²) in [5.74, 6) is -0.365. The van der Waals surface area contributed by atoms with Gasteiger partial charge in [0.1, 0.15) is 10.4 Å². The molecule has 0 aliphatic carbocycles. The van der Waals surface area contributed by atoms with Crippen LogP contribution in [0.1, 0.15) is 11.0 Å². The highest BCUT2D eigenvalue weighted by molar-refractivity contribution is 9.10. The molecule has 0 N–H and O–H groups in total. The topological polar surface area (TPSA) is 38.2 Å². The molecule has 2 rings (SSSR count). The molecule has 1 aliphatic rings. The Labute approximate surface area is 96.3 Å². The Morgan fingerprint density at radius 2 is 2.23 bits per heavy atom. The number of hydrogen-bond acceptors (Lipinski definition) is 4. The third-order valence-corrected chi connectivity index (χ3v) is 1.62. The van der Waals surface area contributed by atoms with E-state index in [1.165, 1.54) is 6.20 Å². The van der Waals surface area contributed by atoms with E-state index < -0.39 is 26.1 Å². The Bertz CT molecular complexity index is 542. The maximum absolute atomic E-state index is 7.83. The number of ether oxygens (including phenoxy) is 1. The molecule has 1 saturated heterocycles. The number of hydrogen-bond donors (Lipinski definition) is 0. The SMILES string of the molecule is [2H]C1([2H])OC([2H])([2H])C([2H])([2H])N(c2cncc(Br)n2)C1([2H])[2H]. The number of morpholine rings is 1. The molecule has 1 fully saturated rings. The second kappa shape index (κ2) is 4.02. The van der Waals surface area contributed by atoms with E-state index in [-0.39, 0.29) is 15.3 Å². The lowest BCUT2D eigenvalue weighted by molar-refractivity contribution is 0.122. The zero-order valence-corrected chi connectivity index (χ0v) is 7.87. The maximum atomic E-state index is 7.83. The lowest BCUT2D eigenvalue weighted by Crippen LogP contribution is -2.36. The Kier molecular flexibility index (Phi) is 1.07. The Morgan fingerprint density at radius 1 is 1.46 bits per heavy atom. The van der Waals surface area contributed by atoms with Gasteiger partial charge in [-0.3, -0.25) is 4.98 Å². The molecule has 13 heavy (non-hydrogen) atoms. The standard InChI is InChI=1S/C8H10BrN3O/c9-7-5-10-6-8(11-7)12-1-3-13-4-2-12/h5-6H,1-4H2/i1D2,2D2,3D2,4D2. The summed E-state index contributed by atoms with van der Waals surface area (Å²) in [7, 11) is 0. The molecular weight excluding hydrogens is 234 g/mol. The fourth-order valence-electron chi connectivity index (χ4n) is 0.745. The average Bonchev–Trinajstić information content (AvgIpc) is 2.24. The smallest absolute Gasteiger partial charge is 0.148 e. The highest BCUT2D eigenvalue weighted by atomic mass is 79.9. The summed E-state index contributed by atoms with van der Waals surface area (Å²) in [6, 6.07) is 0. The van der Waals surface area contributed by atoms with Gasteiger partial charge in [-0.2, -0.15) is 0 Å².